The van der Waals surface area contributed by atoms with Gasteiger partial charge in [-0.2, -0.15) is 0 Å². The molecule has 3 heteroatoms. The fourth-order valence-electron chi connectivity index (χ4n) is 1.85. The molecule has 2 saturated carbocycles. The molecule has 3 nitrogen and oxygen atoms in total. The van der Waals surface area contributed by atoms with E-state index in [0.717, 1.165) is 18.4 Å². The highest BCUT2D eigenvalue weighted by atomic mass is 16.1. The fraction of sp³-hybridized carbons (Fsp3) is 0.917. The molecule has 0 spiro atoms. The maximum Gasteiger partial charge on any atom is 0.233 e. The van der Waals surface area contributed by atoms with Gasteiger partial charge in [0.15, 0.2) is 0 Å². The van der Waals surface area contributed by atoms with E-state index in [-0.39, 0.29) is 5.91 Å². The molecule has 2 N–H and O–H groups in total. The summed E-state index contributed by atoms with van der Waals surface area (Å²) < 4.78 is 0. The summed E-state index contributed by atoms with van der Waals surface area (Å²) in [6.45, 7) is 3.55. The molecule has 2 rings (SSSR count). The number of hydrogen-bond donors (Lipinski definition) is 2. The minimum atomic E-state index is 0.157. The van der Waals surface area contributed by atoms with Crippen molar-refractivity contribution >= 4 is 5.91 Å². The van der Waals surface area contributed by atoms with Crippen molar-refractivity contribution in [3.63, 3.8) is 0 Å². The van der Waals surface area contributed by atoms with Crippen LogP contribution < -0.4 is 10.6 Å². The molecular formula is C12H22N2O. The minimum Gasteiger partial charge on any atom is -0.355 e. The van der Waals surface area contributed by atoms with E-state index in [0.29, 0.717) is 12.6 Å². The molecule has 0 bridgehead atoms. The van der Waals surface area contributed by atoms with Gasteiger partial charge >= 0.3 is 0 Å². The third kappa shape index (κ3) is 4.65. The van der Waals surface area contributed by atoms with E-state index in [4.69, 9.17) is 0 Å². The lowest BCUT2D eigenvalue weighted by atomic mass is 10.1. The Morgan fingerprint density at radius 3 is 2.53 bits per heavy atom. The van der Waals surface area contributed by atoms with E-state index in [1.807, 2.05) is 0 Å². The highest BCUT2D eigenvalue weighted by Gasteiger charge is 2.24. The lowest BCUT2D eigenvalue weighted by molar-refractivity contribution is -0.120. The van der Waals surface area contributed by atoms with E-state index in [1.165, 1.54) is 32.1 Å². The van der Waals surface area contributed by atoms with Crippen LogP contribution in [-0.4, -0.2) is 25.0 Å². The van der Waals surface area contributed by atoms with Crippen LogP contribution in [0, 0.1) is 11.8 Å². The first-order valence-electron chi connectivity index (χ1n) is 6.24. The Bertz CT molecular complexity index is 222. The normalized spacial score (nSPS) is 22.5. The van der Waals surface area contributed by atoms with E-state index >= 15 is 0 Å². The van der Waals surface area contributed by atoms with Crippen LogP contribution in [0.5, 0.6) is 0 Å². The summed E-state index contributed by atoms with van der Waals surface area (Å²) in [4.78, 5) is 11.4. The second-order valence-corrected chi connectivity index (χ2v) is 5.21. The van der Waals surface area contributed by atoms with Gasteiger partial charge in [-0.15, -0.1) is 0 Å². The maximum absolute atomic E-state index is 11.4. The van der Waals surface area contributed by atoms with Gasteiger partial charge in [0.25, 0.3) is 0 Å². The number of rotatable bonds is 7. The average Bonchev–Trinajstić information content (AvgIpc) is 3.04. The Morgan fingerprint density at radius 1 is 1.27 bits per heavy atom. The van der Waals surface area contributed by atoms with Crippen molar-refractivity contribution in [1.82, 2.24) is 10.6 Å². The molecule has 1 atom stereocenters. The zero-order valence-electron chi connectivity index (χ0n) is 9.59. The van der Waals surface area contributed by atoms with Crippen LogP contribution in [-0.2, 0) is 4.79 Å². The molecule has 0 radical (unpaired) electrons. The third-order valence-corrected chi connectivity index (χ3v) is 3.28. The lowest BCUT2D eigenvalue weighted by Crippen LogP contribution is -2.38. The van der Waals surface area contributed by atoms with E-state index < -0.39 is 0 Å². The van der Waals surface area contributed by atoms with Crippen LogP contribution in [0.25, 0.3) is 0 Å². The molecule has 15 heavy (non-hydrogen) atoms. The number of nitrogens with one attached hydrogen (secondary N) is 2. The van der Waals surface area contributed by atoms with Gasteiger partial charge < -0.3 is 10.6 Å². The molecule has 0 heterocycles. The number of amides is 1. The Hall–Kier alpha value is -0.570. The van der Waals surface area contributed by atoms with Gasteiger partial charge in [0.2, 0.25) is 5.91 Å². The first-order valence-corrected chi connectivity index (χ1v) is 6.24. The number of carbonyl (C=O) groups excluding carboxylic acids is 1. The highest BCUT2D eigenvalue weighted by Crippen LogP contribution is 2.33. The topological polar surface area (TPSA) is 41.1 Å². The van der Waals surface area contributed by atoms with Crippen molar-refractivity contribution in [2.75, 3.05) is 13.1 Å². The van der Waals surface area contributed by atoms with Crippen molar-refractivity contribution in [2.45, 2.75) is 45.1 Å². The van der Waals surface area contributed by atoms with Crippen LogP contribution in [0.3, 0.4) is 0 Å². The smallest absolute Gasteiger partial charge is 0.233 e. The van der Waals surface area contributed by atoms with E-state index in [9.17, 15) is 4.79 Å². The summed E-state index contributed by atoms with van der Waals surface area (Å²) in [6.07, 6.45) is 6.60. The summed E-state index contributed by atoms with van der Waals surface area (Å²) >= 11 is 0. The standard InChI is InChI=1S/C12H22N2O/c1-9(6-10-2-3-10)13-8-12(15)14-7-11-4-5-11/h9-11,13H,2-8H2,1H3,(H,14,15). The SMILES string of the molecule is CC(CC1CC1)NCC(=O)NCC1CC1. The summed E-state index contributed by atoms with van der Waals surface area (Å²) in [5, 5.41) is 6.25. The van der Waals surface area contributed by atoms with Gasteiger partial charge in [-0.05, 0) is 38.0 Å². The van der Waals surface area contributed by atoms with Crippen LogP contribution in [0.2, 0.25) is 0 Å². The molecule has 0 aromatic rings. The third-order valence-electron chi connectivity index (χ3n) is 3.28. The molecule has 0 aromatic carbocycles. The van der Waals surface area contributed by atoms with Gasteiger partial charge in [-0.25, -0.2) is 0 Å². The molecule has 0 aromatic heterocycles. The number of hydrogen-bond acceptors (Lipinski definition) is 2. The monoisotopic (exact) mass is 210 g/mol. The molecule has 1 amide bonds. The Morgan fingerprint density at radius 2 is 1.93 bits per heavy atom. The van der Waals surface area contributed by atoms with Crippen molar-refractivity contribution in [2.24, 2.45) is 11.8 Å². The molecule has 0 saturated heterocycles. The molecule has 2 aliphatic carbocycles. The quantitative estimate of drug-likeness (QED) is 0.665. The van der Waals surface area contributed by atoms with Gasteiger partial charge in [0.1, 0.15) is 0 Å². The predicted octanol–water partition coefficient (Wildman–Crippen LogP) is 1.29. The summed E-state index contributed by atoms with van der Waals surface area (Å²) in [7, 11) is 0. The Kier molecular flexibility index (Phi) is 3.62. The van der Waals surface area contributed by atoms with Gasteiger partial charge in [-0.3, -0.25) is 4.79 Å². The van der Waals surface area contributed by atoms with Gasteiger partial charge in [0.05, 0.1) is 6.54 Å². The fourth-order valence-corrected chi connectivity index (χ4v) is 1.85. The Labute approximate surface area is 92.0 Å². The second-order valence-electron chi connectivity index (χ2n) is 5.21. The molecular weight excluding hydrogens is 188 g/mol. The largest absolute Gasteiger partial charge is 0.355 e. The Balaban J connectivity index is 1.48. The van der Waals surface area contributed by atoms with Crippen molar-refractivity contribution in [3.8, 4) is 0 Å². The van der Waals surface area contributed by atoms with Crippen LogP contribution >= 0.6 is 0 Å². The van der Waals surface area contributed by atoms with E-state index in [2.05, 4.69) is 17.6 Å². The van der Waals surface area contributed by atoms with Crippen molar-refractivity contribution < 1.29 is 4.79 Å². The average molecular weight is 210 g/mol. The molecule has 1 unspecified atom stereocenters. The molecule has 86 valence electrons. The summed E-state index contributed by atoms with van der Waals surface area (Å²) in [6, 6.07) is 0.490. The minimum absolute atomic E-state index is 0.157. The summed E-state index contributed by atoms with van der Waals surface area (Å²) in [5.41, 5.74) is 0. The first kappa shape index (κ1) is 10.9. The molecule has 2 fully saturated rings. The zero-order valence-corrected chi connectivity index (χ0v) is 9.59. The van der Waals surface area contributed by atoms with Crippen molar-refractivity contribution in [1.29, 1.82) is 0 Å². The van der Waals surface area contributed by atoms with Crippen LogP contribution in [0.1, 0.15) is 39.0 Å². The molecule has 0 aliphatic heterocycles. The van der Waals surface area contributed by atoms with Gasteiger partial charge in [-0.1, -0.05) is 12.8 Å². The van der Waals surface area contributed by atoms with Crippen LogP contribution in [0.4, 0.5) is 0 Å². The first-order chi connectivity index (χ1) is 7.24. The second kappa shape index (κ2) is 4.97. The predicted molar refractivity (Wildman–Crippen MR) is 60.5 cm³/mol. The highest BCUT2D eigenvalue weighted by molar-refractivity contribution is 5.78. The van der Waals surface area contributed by atoms with Crippen LogP contribution in [0.15, 0.2) is 0 Å². The molecule has 2 aliphatic rings. The maximum atomic E-state index is 11.4. The summed E-state index contributed by atoms with van der Waals surface area (Å²) in [5.74, 6) is 1.87. The van der Waals surface area contributed by atoms with Crippen molar-refractivity contribution in [3.05, 3.63) is 0 Å². The zero-order chi connectivity index (χ0) is 10.7. The van der Waals surface area contributed by atoms with E-state index in [1.54, 1.807) is 0 Å². The van der Waals surface area contributed by atoms with Gasteiger partial charge in [0, 0.05) is 12.6 Å². The lowest BCUT2D eigenvalue weighted by Gasteiger charge is -2.12. The number of carbonyl (C=O) groups is 1.